The first-order chi connectivity index (χ1) is 8.66. The molecular formula is C16H25BrCl2FNSiZr-4. The second-order valence-electron chi connectivity index (χ2n) is 5.17. The van der Waals surface area contributed by atoms with Crippen LogP contribution < -0.4 is 0 Å². The molecule has 7 heteroatoms. The summed E-state index contributed by atoms with van der Waals surface area (Å²) in [7, 11) is 0. The van der Waals surface area contributed by atoms with Crippen LogP contribution in [0.3, 0.4) is 0 Å². The predicted molar refractivity (Wildman–Crippen MR) is 109 cm³/mol. The van der Waals surface area contributed by atoms with Crippen molar-refractivity contribution in [1.82, 2.24) is 0 Å². The SMILES string of the molecule is CC(C)(C)[NH-].Cc1cc2c(Br)cc(F)cc2[cH-]1.Cl.Cl.[CH3-].[CH3-].[Si]=[Zr]. The number of halogens is 4. The van der Waals surface area contributed by atoms with Crippen molar-refractivity contribution in [3.8, 4) is 0 Å². The van der Waals surface area contributed by atoms with Crippen molar-refractivity contribution < 1.29 is 27.7 Å². The van der Waals surface area contributed by atoms with Gasteiger partial charge in [0.25, 0.3) is 0 Å². The molecule has 1 nitrogen and oxygen atoms in total. The summed E-state index contributed by atoms with van der Waals surface area (Å²) in [5.41, 5.74) is 7.85. The van der Waals surface area contributed by atoms with Crippen molar-refractivity contribution in [1.29, 1.82) is 0 Å². The van der Waals surface area contributed by atoms with Gasteiger partial charge in [-0.25, -0.2) is 4.39 Å². The van der Waals surface area contributed by atoms with E-state index in [1.807, 2.05) is 39.8 Å². The van der Waals surface area contributed by atoms with Crippen LogP contribution >= 0.6 is 40.7 Å². The van der Waals surface area contributed by atoms with Gasteiger partial charge in [0.2, 0.25) is 0 Å². The van der Waals surface area contributed by atoms with E-state index >= 15 is 0 Å². The van der Waals surface area contributed by atoms with Crippen molar-refractivity contribution in [3.63, 3.8) is 0 Å². The molecule has 0 unspecified atom stereocenters. The van der Waals surface area contributed by atoms with Gasteiger partial charge in [0.15, 0.2) is 0 Å². The number of hydrogen-bond acceptors (Lipinski definition) is 0. The van der Waals surface area contributed by atoms with Gasteiger partial charge in [0, 0.05) is 0 Å². The maximum atomic E-state index is 12.9. The minimum absolute atomic E-state index is 0. The second-order valence-corrected chi connectivity index (χ2v) is 6.03. The molecule has 0 spiro atoms. The molecule has 2 radical (unpaired) electrons. The number of benzene rings is 1. The monoisotopic (exact) mass is 517 g/mol. The fourth-order valence-electron chi connectivity index (χ4n) is 1.39. The third-order valence-corrected chi connectivity index (χ3v) is 2.54. The summed E-state index contributed by atoms with van der Waals surface area (Å²) in [4.78, 5) is 0. The zero-order valence-corrected chi connectivity index (χ0v) is 21.1. The molecule has 0 amide bonds. The number of aryl methyl sites for hydroxylation is 1. The fourth-order valence-corrected chi connectivity index (χ4v) is 1.95. The zero-order valence-electron chi connectivity index (χ0n) is 14.4. The Morgan fingerprint density at radius 1 is 1.13 bits per heavy atom. The van der Waals surface area contributed by atoms with Crippen molar-refractivity contribution in [2.75, 3.05) is 0 Å². The molecule has 2 aromatic carbocycles. The van der Waals surface area contributed by atoms with Crippen LogP contribution in [0.1, 0.15) is 26.3 Å². The van der Waals surface area contributed by atoms with Gasteiger partial charge in [-0.05, 0) is 10.5 Å². The number of rotatable bonds is 0. The second kappa shape index (κ2) is 16.4. The van der Waals surface area contributed by atoms with Gasteiger partial charge in [-0.15, -0.1) is 52.8 Å². The Balaban J connectivity index is -0.0000000871. The molecule has 23 heavy (non-hydrogen) atoms. The summed E-state index contributed by atoms with van der Waals surface area (Å²) >= 11 is 4.68. The third-order valence-electron chi connectivity index (χ3n) is 1.88. The van der Waals surface area contributed by atoms with Gasteiger partial charge in [-0.2, -0.15) is 6.07 Å². The predicted octanol–water partition coefficient (Wildman–Crippen LogP) is 6.97. The number of nitrogens with one attached hydrogen (secondary N) is 1. The molecule has 0 saturated heterocycles. The first-order valence-corrected chi connectivity index (χ1v) is 10.7. The molecule has 0 fully saturated rings. The molecule has 2 aromatic rings. The normalized spacial score (nSPS) is 8.43. The van der Waals surface area contributed by atoms with Gasteiger partial charge < -0.3 is 20.6 Å². The van der Waals surface area contributed by atoms with Gasteiger partial charge in [-0.3, -0.25) is 0 Å². The van der Waals surface area contributed by atoms with E-state index in [9.17, 15) is 4.39 Å². The van der Waals surface area contributed by atoms with Crippen LogP contribution in [0.5, 0.6) is 0 Å². The van der Waals surface area contributed by atoms with Gasteiger partial charge in [0.1, 0.15) is 0 Å². The van der Waals surface area contributed by atoms with Gasteiger partial charge in [-0.1, -0.05) is 49.7 Å². The number of hydrogen-bond donors (Lipinski definition) is 0. The minimum atomic E-state index is -0.250. The van der Waals surface area contributed by atoms with Crippen LogP contribution in [-0.4, -0.2) is 12.4 Å². The van der Waals surface area contributed by atoms with E-state index in [1.54, 1.807) is 6.07 Å². The molecule has 0 heterocycles. The Kier molecular flexibility index (Phi) is 24.9. The Labute approximate surface area is 178 Å². The molecule has 134 valence electrons. The first kappa shape index (κ1) is 35.1. The van der Waals surface area contributed by atoms with Crippen LogP contribution in [0.2, 0.25) is 0 Å². The molecule has 0 aliphatic heterocycles. The maximum absolute atomic E-state index is 12.9. The fraction of sp³-hybridized carbons (Fsp3) is 0.312. The van der Waals surface area contributed by atoms with Crippen molar-refractivity contribution in [3.05, 3.63) is 60.7 Å². The average molecular weight is 521 g/mol. The topological polar surface area (TPSA) is 23.8 Å². The summed E-state index contributed by atoms with van der Waals surface area (Å²) in [5, 5.41) is 2.04. The molecule has 1 N–H and O–H groups in total. The third kappa shape index (κ3) is 16.1. The summed E-state index contributed by atoms with van der Waals surface area (Å²) in [6, 6.07) is 7.05. The summed E-state index contributed by atoms with van der Waals surface area (Å²) in [6.45, 7) is 10.6. The van der Waals surface area contributed by atoms with Gasteiger partial charge in [0.05, 0.1) is 5.82 Å². The zero-order chi connectivity index (χ0) is 15.2. The van der Waals surface area contributed by atoms with Crippen molar-refractivity contribution in [2.45, 2.75) is 33.2 Å². The van der Waals surface area contributed by atoms with Crippen LogP contribution in [0.4, 0.5) is 4.39 Å². The standard InChI is InChI=1S/C10H7BrF.C4H10N.2CH3.2ClH.Si.Zr/c1-6-2-7-4-8(12)5-10(11)9(7)3-6;1-4(2,3)5;;;;;;/h2-5H,1H3;5H,1-3H3;2*1H3;2*1H;;/q4*-1;;;;. The van der Waals surface area contributed by atoms with E-state index < -0.39 is 0 Å². The molecular weight excluding hydrogens is 495 g/mol. The Morgan fingerprint density at radius 2 is 1.52 bits per heavy atom. The van der Waals surface area contributed by atoms with E-state index in [0.717, 1.165) is 20.8 Å². The van der Waals surface area contributed by atoms with E-state index in [0.29, 0.717) is 0 Å². The van der Waals surface area contributed by atoms with Crippen LogP contribution in [0.25, 0.3) is 16.5 Å². The van der Waals surface area contributed by atoms with E-state index in [2.05, 4.69) is 22.8 Å². The Morgan fingerprint density at radius 3 is 1.91 bits per heavy atom. The molecule has 0 bridgehead atoms. The molecule has 0 aliphatic rings. The molecule has 0 atom stereocenters. The summed E-state index contributed by atoms with van der Waals surface area (Å²) in [6.07, 6.45) is 0. The molecule has 0 saturated carbocycles. The quantitative estimate of drug-likeness (QED) is 0.265. The summed E-state index contributed by atoms with van der Waals surface area (Å²) in [5.74, 6) is -0.194. The van der Waals surface area contributed by atoms with Crippen LogP contribution in [0, 0.1) is 27.6 Å². The van der Waals surface area contributed by atoms with E-state index in [-0.39, 0.29) is 51.0 Å². The van der Waals surface area contributed by atoms with Crippen molar-refractivity contribution in [2.24, 2.45) is 0 Å². The molecule has 0 aliphatic carbocycles. The number of fused-ring (bicyclic) bond motifs is 1. The van der Waals surface area contributed by atoms with Crippen molar-refractivity contribution >= 4 is 58.4 Å². The Bertz CT molecular complexity index is 539. The average Bonchev–Trinajstić information content (AvgIpc) is 2.59. The van der Waals surface area contributed by atoms with Crippen LogP contribution in [0.15, 0.2) is 28.7 Å². The molecule has 2 rings (SSSR count). The first-order valence-electron chi connectivity index (χ1n) is 5.69. The van der Waals surface area contributed by atoms with E-state index in [1.165, 1.54) is 29.4 Å². The van der Waals surface area contributed by atoms with E-state index in [4.69, 9.17) is 5.73 Å². The molecule has 0 aromatic heterocycles. The van der Waals surface area contributed by atoms with Gasteiger partial charge >= 0.3 is 30.2 Å². The Hall–Kier alpha value is 0.880. The van der Waals surface area contributed by atoms with Crippen LogP contribution in [-0.2, 0) is 23.3 Å². The summed E-state index contributed by atoms with van der Waals surface area (Å²) < 4.78 is 13.7.